The van der Waals surface area contributed by atoms with Crippen LogP contribution in [0.25, 0.3) is 0 Å². The Hall–Kier alpha value is -1.40. The van der Waals surface area contributed by atoms with Crippen molar-refractivity contribution >= 4 is 11.6 Å². The third-order valence-corrected chi connectivity index (χ3v) is 2.82. The number of nitrogens with two attached hydrogens (primary N) is 1. The maximum atomic E-state index is 8.87. The highest BCUT2D eigenvalue weighted by Crippen LogP contribution is 2.21. The number of aliphatic hydroxyl groups excluding tert-OH is 1. The van der Waals surface area contributed by atoms with Crippen molar-refractivity contribution in [2.75, 3.05) is 23.9 Å². The average Bonchev–Trinajstić information content (AvgIpc) is 2.38. The molecule has 0 radical (unpaired) electrons. The smallest absolute Gasteiger partial charge is 0.148 e. The molecule has 1 aromatic heterocycles. The Balaban J connectivity index is 2.74. The topological polar surface area (TPSA) is 96.1 Å². The monoisotopic (exact) mass is 253 g/mol. The lowest BCUT2D eigenvalue weighted by Gasteiger charge is -2.16. The molecule has 0 spiro atoms. The Kier molecular flexibility index (Phi) is 6.38. The van der Waals surface area contributed by atoms with E-state index in [4.69, 9.17) is 10.9 Å². The molecule has 6 heteroatoms. The number of hydrogen-bond acceptors (Lipinski definition) is 6. The van der Waals surface area contributed by atoms with Gasteiger partial charge in [-0.3, -0.25) is 0 Å². The molecule has 1 rings (SSSR count). The van der Waals surface area contributed by atoms with Crippen molar-refractivity contribution in [1.29, 1.82) is 0 Å². The fraction of sp³-hybridized carbons (Fsp3) is 0.667. The van der Waals surface area contributed by atoms with Crippen LogP contribution in [0.4, 0.5) is 11.6 Å². The zero-order valence-electron chi connectivity index (χ0n) is 11.1. The maximum absolute atomic E-state index is 8.87. The number of anilines is 2. The van der Waals surface area contributed by atoms with E-state index in [1.807, 2.05) is 0 Å². The van der Waals surface area contributed by atoms with Gasteiger partial charge in [0.15, 0.2) is 0 Å². The van der Waals surface area contributed by atoms with E-state index in [2.05, 4.69) is 34.6 Å². The Morgan fingerprint density at radius 3 is 2.72 bits per heavy atom. The second kappa shape index (κ2) is 7.84. The first-order valence-electron chi connectivity index (χ1n) is 6.38. The molecule has 0 saturated carbocycles. The van der Waals surface area contributed by atoms with E-state index < -0.39 is 0 Å². The van der Waals surface area contributed by atoms with Gasteiger partial charge in [0.05, 0.1) is 0 Å². The number of nitrogens with zero attached hydrogens (tertiary/aromatic N) is 2. The molecular weight excluding hydrogens is 230 g/mol. The van der Waals surface area contributed by atoms with Gasteiger partial charge in [0.1, 0.15) is 18.0 Å². The van der Waals surface area contributed by atoms with Crippen LogP contribution in [-0.4, -0.2) is 28.2 Å². The van der Waals surface area contributed by atoms with Crippen LogP contribution < -0.4 is 16.6 Å². The molecule has 0 aliphatic heterocycles. The number of rotatable bonds is 8. The summed E-state index contributed by atoms with van der Waals surface area (Å²) in [6.45, 7) is 5.18. The third-order valence-electron chi connectivity index (χ3n) is 2.82. The van der Waals surface area contributed by atoms with E-state index in [0.717, 1.165) is 37.2 Å². The standard InChI is InChI=1S/C12H23N5O/c1-3-4-10-11(14-7-9(2)5-6-18)15-8-16-12(10)17-13/h8-9,18H,3-7,13H2,1-2H3,(H2,14,15,16,17). The molecule has 102 valence electrons. The first-order chi connectivity index (χ1) is 8.72. The van der Waals surface area contributed by atoms with E-state index in [-0.39, 0.29) is 6.61 Å². The van der Waals surface area contributed by atoms with E-state index >= 15 is 0 Å². The minimum Gasteiger partial charge on any atom is -0.396 e. The van der Waals surface area contributed by atoms with Gasteiger partial charge in [-0.2, -0.15) is 0 Å². The van der Waals surface area contributed by atoms with Crippen LogP contribution in [0.2, 0.25) is 0 Å². The lowest BCUT2D eigenvalue weighted by Crippen LogP contribution is -2.17. The predicted octanol–water partition coefficient (Wildman–Crippen LogP) is 1.15. The first-order valence-corrected chi connectivity index (χ1v) is 6.38. The maximum Gasteiger partial charge on any atom is 0.148 e. The summed E-state index contributed by atoms with van der Waals surface area (Å²) in [6, 6.07) is 0. The molecule has 1 unspecified atom stereocenters. The van der Waals surface area contributed by atoms with Crippen molar-refractivity contribution in [3.8, 4) is 0 Å². The third kappa shape index (κ3) is 4.12. The van der Waals surface area contributed by atoms with Gasteiger partial charge in [0.25, 0.3) is 0 Å². The summed E-state index contributed by atoms with van der Waals surface area (Å²) >= 11 is 0. The summed E-state index contributed by atoms with van der Waals surface area (Å²) < 4.78 is 0. The average molecular weight is 253 g/mol. The zero-order chi connectivity index (χ0) is 13.4. The van der Waals surface area contributed by atoms with Gasteiger partial charge in [0.2, 0.25) is 0 Å². The number of nitrogen functional groups attached to an aromatic ring is 1. The molecule has 6 nitrogen and oxygen atoms in total. The van der Waals surface area contributed by atoms with Crippen LogP contribution >= 0.6 is 0 Å². The molecule has 0 fully saturated rings. The molecule has 1 aromatic rings. The lowest BCUT2D eigenvalue weighted by molar-refractivity contribution is 0.266. The van der Waals surface area contributed by atoms with Crippen molar-refractivity contribution in [2.45, 2.75) is 33.1 Å². The van der Waals surface area contributed by atoms with Gasteiger partial charge in [0, 0.05) is 18.7 Å². The van der Waals surface area contributed by atoms with Crippen molar-refractivity contribution in [1.82, 2.24) is 9.97 Å². The SMILES string of the molecule is CCCc1c(NN)ncnc1NCC(C)CCO. The predicted molar refractivity (Wildman–Crippen MR) is 73.2 cm³/mol. The minimum atomic E-state index is 0.212. The molecular formula is C12H23N5O. The molecule has 0 aromatic carbocycles. The summed E-state index contributed by atoms with van der Waals surface area (Å²) in [5, 5.41) is 12.2. The van der Waals surface area contributed by atoms with Crippen molar-refractivity contribution < 1.29 is 5.11 Å². The Morgan fingerprint density at radius 1 is 1.39 bits per heavy atom. The van der Waals surface area contributed by atoms with Gasteiger partial charge in [-0.1, -0.05) is 20.3 Å². The first kappa shape index (κ1) is 14.7. The molecule has 1 atom stereocenters. The zero-order valence-corrected chi connectivity index (χ0v) is 11.1. The molecule has 0 saturated heterocycles. The quantitative estimate of drug-likeness (QED) is 0.410. The molecule has 0 amide bonds. The van der Waals surface area contributed by atoms with Crippen LogP contribution in [-0.2, 0) is 6.42 Å². The van der Waals surface area contributed by atoms with Gasteiger partial charge < -0.3 is 15.8 Å². The highest BCUT2D eigenvalue weighted by atomic mass is 16.3. The highest BCUT2D eigenvalue weighted by Gasteiger charge is 2.10. The summed E-state index contributed by atoms with van der Waals surface area (Å²) in [5.74, 6) is 7.34. The molecule has 18 heavy (non-hydrogen) atoms. The van der Waals surface area contributed by atoms with E-state index in [9.17, 15) is 0 Å². The fourth-order valence-electron chi connectivity index (χ4n) is 1.77. The van der Waals surface area contributed by atoms with E-state index in [1.165, 1.54) is 6.33 Å². The van der Waals surface area contributed by atoms with Gasteiger partial charge >= 0.3 is 0 Å². The van der Waals surface area contributed by atoms with Gasteiger partial charge in [-0.15, -0.1) is 0 Å². The second-order valence-corrected chi connectivity index (χ2v) is 4.44. The van der Waals surface area contributed by atoms with Crippen molar-refractivity contribution in [3.63, 3.8) is 0 Å². The fourth-order valence-corrected chi connectivity index (χ4v) is 1.77. The second-order valence-electron chi connectivity index (χ2n) is 4.44. The number of nitrogens with one attached hydrogen (secondary N) is 2. The van der Waals surface area contributed by atoms with E-state index in [1.54, 1.807) is 0 Å². The Labute approximate surface area is 108 Å². The van der Waals surface area contributed by atoms with Gasteiger partial charge in [-0.25, -0.2) is 15.8 Å². The van der Waals surface area contributed by atoms with Crippen molar-refractivity contribution in [3.05, 3.63) is 11.9 Å². The Bertz CT molecular complexity index is 358. The lowest BCUT2D eigenvalue weighted by atomic mass is 10.1. The summed E-state index contributed by atoms with van der Waals surface area (Å²) in [4.78, 5) is 8.37. The van der Waals surface area contributed by atoms with Crippen LogP contribution in [0.15, 0.2) is 6.33 Å². The number of hydrazine groups is 1. The molecule has 0 bridgehead atoms. The molecule has 0 aliphatic rings. The molecule has 0 aliphatic carbocycles. The van der Waals surface area contributed by atoms with E-state index in [0.29, 0.717) is 11.7 Å². The summed E-state index contributed by atoms with van der Waals surface area (Å²) in [6.07, 6.45) is 4.15. The van der Waals surface area contributed by atoms with Crippen molar-refractivity contribution in [2.24, 2.45) is 11.8 Å². The van der Waals surface area contributed by atoms with Gasteiger partial charge in [-0.05, 0) is 18.8 Å². The normalized spacial score (nSPS) is 12.2. The largest absolute Gasteiger partial charge is 0.396 e. The number of aromatic nitrogens is 2. The number of aliphatic hydroxyl groups is 1. The van der Waals surface area contributed by atoms with Crippen LogP contribution in [0.3, 0.4) is 0 Å². The van der Waals surface area contributed by atoms with Crippen LogP contribution in [0, 0.1) is 5.92 Å². The van der Waals surface area contributed by atoms with Crippen LogP contribution in [0.1, 0.15) is 32.3 Å². The minimum absolute atomic E-state index is 0.212. The summed E-state index contributed by atoms with van der Waals surface area (Å²) in [5.41, 5.74) is 3.62. The molecule has 5 N–H and O–H groups in total. The van der Waals surface area contributed by atoms with Crippen LogP contribution in [0.5, 0.6) is 0 Å². The Morgan fingerprint density at radius 2 is 2.11 bits per heavy atom. The molecule has 1 heterocycles. The summed E-state index contributed by atoms with van der Waals surface area (Å²) in [7, 11) is 0. The highest BCUT2D eigenvalue weighted by molar-refractivity contribution is 5.56. The number of hydrogen-bond donors (Lipinski definition) is 4.